The molecule has 0 bridgehead atoms. The highest BCUT2D eigenvalue weighted by Crippen LogP contribution is 2.35. The van der Waals surface area contributed by atoms with Crippen molar-refractivity contribution in [1.29, 1.82) is 0 Å². The second kappa shape index (κ2) is 7.01. The molecule has 0 spiro atoms. The Balaban J connectivity index is 3.99. The van der Waals surface area contributed by atoms with Gasteiger partial charge in [-0.15, -0.1) is 0 Å². The van der Waals surface area contributed by atoms with Gasteiger partial charge in [-0.2, -0.15) is 0 Å². The Morgan fingerprint density at radius 2 is 2.06 bits per heavy atom. The summed E-state index contributed by atoms with van der Waals surface area (Å²) in [7, 11) is -3.14. The third kappa shape index (κ3) is 8.85. The summed E-state index contributed by atoms with van der Waals surface area (Å²) in [6.45, 7) is 3.56. The van der Waals surface area contributed by atoms with Crippen molar-refractivity contribution in [1.82, 2.24) is 5.32 Å². The lowest BCUT2D eigenvalue weighted by atomic mass is 10.2. The number of carbonyl (C=O) groups is 1. The van der Waals surface area contributed by atoms with Gasteiger partial charge in [-0.3, -0.25) is 9.36 Å². The summed E-state index contributed by atoms with van der Waals surface area (Å²) in [6.07, 6.45) is 0.834. The molecule has 0 aromatic heterocycles. The summed E-state index contributed by atoms with van der Waals surface area (Å²) >= 11 is 0. The number of carboxylic acids is 1. The van der Waals surface area contributed by atoms with Crippen LogP contribution in [0.15, 0.2) is 0 Å². The Morgan fingerprint density at radius 1 is 1.50 bits per heavy atom. The normalized spacial score (nSPS) is 18.8. The monoisotopic (exact) mass is 252 g/mol. The molecule has 0 saturated heterocycles. The van der Waals surface area contributed by atoms with Crippen molar-refractivity contribution in [2.45, 2.75) is 31.8 Å². The summed E-state index contributed by atoms with van der Waals surface area (Å²) < 4.78 is 11.0. The van der Waals surface area contributed by atoms with Crippen LogP contribution in [0.3, 0.4) is 0 Å². The first-order valence-electron chi connectivity index (χ1n) is 5.23. The Bertz CT molecular complexity index is 264. The fraction of sp³-hybridized carbons (Fsp3) is 0.889. The van der Waals surface area contributed by atoms with Gasteiger partial charge in [-0.05, 0) is 26.3 Å². The highest BCUT2D eigenvalue weighted by Gasteiger charge is 2.20. The summed E-state index contributed by atoms with van der Waals surface area (Å²) in [4.78, 5) is 19.9. The van der Waals surface area contributed by atoms with E-state index in [1.807, 2.05) is 6.92 Å². The van der Waals surface area contributed by atoms with E-state index in [0.29, 0.717) is 13.0 Å². The Kier molecular flexibility index (Phi) is 6.83. The van der Waals surface area contributed by atoms with E-state index >= 15 is 0 Å². The average molecular weight is 252 g/mol. The summed E-state index contributed by atoms with van der Waals surface area (Å²) in [6, 6.07) is -0.767. The fourth-order valence-electron chi connectivity index (χ4n) is 1.17. The van der Waals surface area contributed by atoms with Crippen LogP contribution in [-0.4, -0.2) is 47.4 Å². The number of nitrogens with one attached hydrogen (secondary N) is 1. The van der Waals surface area contributed by atoms with Gasteiger partial charge in [0.05, 0.1) is 0 Å². The van der Waals surface area contributed by atoms with Gasteiger partial charge in [0.2, 0.25) is 0 Å². The Labute approximate surface area is 95.7 Å². The predicted octanol–water partition coefficient (Wildman–Crippen LogP) is 0.0568. The molecule has 7 heteroatoms. The van der Waals surface area contributed by atoms with E-state index in [4.69, 9.17) is 15.7 Å². The number of nitrogens with two attached hydrogens (primary N) is 1. The molecule has 0 aliphatic carbocycles. The molecule has 16 heavy (non-hydrogen) atoms. The second-order valence-corrected chi connectivity index (χ2v) is 6.72. The van der Waals surface area contributed by atoms with E-state index in [1.54, 1.807) is 0 Å². The van der Waals surface area contributed by atoms with Crippen LogP contribution in [0.25, 0.3) is 0 Å². The highest BCUT2D eigenvalue weighted by atomic mass is 31.2. The Hall–Kier alpha value is -0.420. The first-order valence-corrected chi connectivity index (χ1v) is 7.52. The van der Waals surface area contributed by atoms with Gasteiger partial charge in [0.25, 0.3) is 0 Å². The van der Waals surface area contributed by atoms with Crippen LogP contribution in [0.2, 0.25) is 0 Å². The van der Waals surface area contributed by atoms with Crippen LogP contribution in [0.4, 0.5) is 0 Å². The van der Waals surface area contributed by atoms with Crippen LogP contribution in [-0.2, 0) is 9.36 Å². The maximum atomic E-state index is 11.0. The third-order valence-electron chi connectivity index (χ3n) is 2.12. The summed E-state index contributed by atoms with van der Waals surface area (Å²) in [5, 5.41) is 11.7. The number of aliphatic carboxylic acids is 1. The van der Waals surface area contributed by atoms with Crippen LogP contribution < -0.4 is 11.1 Å². The van der Waals surface area contributed by atoms with Crippen LogP contribution >= 0.6 is 7.37 Å². The van der Waals surface area contributed by atoms with Gasteiger partial charge in [0.15, 0.2) is 7.37 Å². The Morgan fingerprint density at radius 3 is 2.44 bits per heavy atom. The minimum atomic E-state index is -3.14. The van der Waals surface area contributed by atoms with E-state index in [0.717, 1.165) is 0 Å². The zero-order chi connectivity index (χ0) is 12.8. The predicted molar refractivity (Wildman–Crippen MR) is 62.9 cm³/mol. The second-order valence-electron chi connectivity index (χ2n) is 4.17. The zero-order valence-electron chi connectivity index (χ0n) is 9.72. The molecule has 0 aliphatic heterocycles. The van der Waals surface area contributed by atoms with E-state index in [2.05, 4.69) is 5.32 Å². The average Bonchev–Trinajstić information content (AvgIpc) is 2.07. The molecule has 0 radical (unpaired) electrons. The molecule has 3 unspecified atom stereocenters. The molecule has 0 amide bonds. The van der Waals surface area contributed by atoms with Gasteiger partial charge in [-0.25, -0.2) is 0 Å². The molecule has 0 saturated carbocycles. The first-order chi connectivity index (χ1) is 7.22. The van der Waals surface area contributed by atoms with Crippen molar-refractivity contribution >= 4 is 13.3 Å². The highest BCUT2D eigenvalue weighted by molar-refractivity contribution is 7.57. The lowest BCUT2D eigenvalue weighted by molar-refractivity contribution is -0.139. The largest absolute Gasteiger partial charge is 0.480 e. The first kappa shape index (κ1) is 15.6. The van der Waals surface area contributed by atoms with E-state index in [1.165, 1.54) is 6.66 Å². The van der Waals surface area contributed by atoms with E-state index in [-0.39, 0.29) is 18.6 Å². The SMILES string of the molecule is CC(N)CCNC(CCP(C)(=O)O)C(=O)O. The smallest absolute Gasteiger partial charge is 0.320 e. The molecule has 0 fully saturated rings. The fourth-order valence-corrected chi connectivity index (χ4v) is 1.90. The van der Waals surface area contributed by atoms with Gasteiger partial charge in [0, 0.05) is 18.9 Å². The van der Waals surface area contributed by atoms with Crippen molar-refractivity contribution in [3.63, 3.8) is 0 Å². The molecule has 0 aliphatic rings. The molecule has 96 valence electrons. The molecule has 0 aromatic rings. The van der Waals surface area contributed by atoms with Gasteiger partial charge >= 0.3 is 5.97 Å². The van der Waals surface area contributed by atoms with Crippen molar-refractivity contribution in [2.75, 3.05) is 19.4 Å². The quantitative estimate of drug-likeness (QED) is 0.454. The maximum absolute atomic E-state index is 11.0. The molecule has 0 rings (SSSR count). The molecule has 0 aromatic carbocycles. The minimum Gasteiger partial charge on any atom is -0.480 e. The van der Waals surface area contributed by atoms with Crippen LogP contribution in [0, 0.1) is 0 Å². The van der Waals surface area contributed by atoms with Gasteiger partial charge in [0.1, 0.15) is 6.04 Å². The number of hydrogen-bond donors (Lipinski definition) is 4. The lowest BCUT2D eigenvalue weighted by Crippen LogP contribution is -2.39. The lowest BCUT2D eigenvalue weighted by Gasteiger charge is -2.16. The van der Waals surface area contributed by atoms with Crippen molar-refractivity contribution < 1.29 is 19.4 Å². The molecular weight excluding hydrogens is 231 g/mol. The van der Waals surface area contributed by atoms with Crippen LogP contribution in [0.5, 0.6) is 0 Å². The maximum Gasteiger partial charge on any atom is 0.320 e. The van der Waals surface area contributed by atoms with Crippen molar-refractivity contribution in [2.24, 2.45) is 5.73 Å². The van der Waals surface area contributed by atoms with Crippen molar-refractivity contribution in [3.8, 4) is 0 Å². The van der Waals surface area contributed by atoms with E-state index < -0.39 is 19.4 Å². The standard InChI is InChI=1S/C9H21N2O4P/c1-7(10)3-5-11-8(9(12)13)4-6-16(2,14)15/h7-8,11H,3-6,10H2,1-2H3,(H,12,13)(H,14,15). The summed E-state index contributed by atoms with van der Waals surface area (Å²) in [5.41, 5.74) is 5.53. The molecule has 0 heterocycles. The molecule has 3 atom stereocenters. The number of hydrogen-bond acceptors (Lipinski definition) is 4. The molecule has 5 N–H and O–H groups in total. The zero-order valence-corrected chi connectivity index (χ0v) is 10.6. The summed E-state index contributed by atoms with van der Waals surface area (Å²) in [5.74, 6) is -1.00. The topological polar surface area (TPSA) is 113 Å². The molecular formula is C9H21N2O4P. The van der Waals surface area contributed by atoms with Gasteiger partial charge < -0.3 is 21.1 Å². The minimum absolute atomic E-state index is 0.00907. The van der Waals surface area contributed by atoms with Crippen LogP contribution in [0.1, 0.15) is 19.8 Å². The van der Waals surface area contributed by atoms with Gasteiger partial charge in [-0.1, -0.05) is 0 Å². The van der Waals surface area contributed by atoms with E-state index in [9.17, 15) is 9.36 Å². The molecule has 6 nitrogen and oxygen atoms in total. The number of rotatable bonds is 8. The third-order valence-corrected chi connectivity index (χ3v) is 3.21. The number of carboxylic acid groups (broad SMARTS) is 1. The van der Waals surface area contributed by atoms with Crippen molar-refractivity contribution in [3.05, 3.63) is 0 Å².